The van der Waals surface area contributed by atoms with Gasteiger partial charge in [0.1, 0.15) is 0 Å². The van der Waals surface area contributed by atoms with Crippen LogP contribution in [0.4, 0.5) is 0 Å². The van der Waals surface area contributed by atoms with Gasteiger partial charge >= 0.3 is 0 Å². The van der Waals surface area contributed by atoms with Crippen molar-refractivity contribution in [2.75, 3.05) is 13.1 Å². The van der Waals surface area contributed by atoms with Crippen molar-refractivity contribution in [1.29, 1.82) is 0 Å². The first-order chi connectivity index (χ1) is 8.41. The summed E-state index contributed by atoms with van der Waals surface area (Å²) in [6.07, 6.45) is 0. The molecule has 0 radical (unpaired) electrons. The second-order valence-electron chi connectivity index (χ2n) is 6.81. The fraction of sp³-hybridized carbons (Fsp3) is 0.857. The Morgan fingerprint density at radius 2 is 1.83 bits per heavy atom. The van der Waals surface area contributed by atoms with Gasteiger partial charge in [-0.3, -0.25) is 4.90 Å². The Bertz CT molecular complexity index is 438. The van der Waals surface area contributed by atoms with E-state index in [1.807, 2.05) is 0 Å². The minimum absolute atomic E-state index is 0.258. The van der Waals surface area contributed by atoms with E-state index >= 15 is 0 Å². The predicted octanol–water partition coefficient (Wildman–Crippen LogP) is 2.84. The number of rotatable bonds is 3. The van der Waals surface area contributed by atoms with Gasteiger partial charge in [-0.15, -0.1) is 0 Å². The van der Waals surface area contributed by atoms with Gasteiger partial charge in [0.15, 0.2) is 5.82 Å². The van der Waals surface area contributed by atoms with Gasteiger partial charge in [0.25, 0.3) is 0 Å². The van der Waals surface area contributed by atoms with Crippen LogP contribution in [0.3, 0.4) is 0 Å². The Balaban J connectivity index is 1.67. The minimum atomic E-state index is 0.258. The number of likely N-dealkylation sites (tertiary alicyclic amines) is 1. The van der Waals surface area contributed by atoms with Crippen molar-refractivity contribution < 1.29 is 4.52 Å². The van der Waals surface area contributed by atoms with E-state index in [4.69, 9.17) is 4.52 Å². The van der Waals surface area contributed by atoms with Crippen LogP contribution in [0.2, 0.25) is 0 Å². The van der Waals surface area contributed by atoms with Crippen LogP contribution in [0.25, 0.3) is 0 Å². The van der Waals surface area contributed by atoms with Crippen LogP contribution in [-0.2, 0) is 0 Å². The molecular weight excluding hydrogens is 226 g/mol. The van der Waals surface area contributed by atoms with Gasteiger partial charge < -0.3 is 4.52 Å². The van der Waals surface area contributed by atoms with E-state index in [2.05, 4.69) is 49.7 Å². The topological polar surface area (TPSA) is 42.2 Å². The molecule has 1 saturated carbocycles. The van der Waals surface area contributed by atoms with Crippen molar-refractivity contribution in [1.82, 2.24) is 15.0 Å². The SMILES string of the molecule is CC(C)c1noc(C(C)N2CC3C(C2)C3(C)C)n1. The molecule has 1 aromatic rings. The molecule has 1 aliphatic heterocycles. The van der Waals surface area contributed by atoms with Crippen LogP contribution < -0.4 is 0 Å². The summed E-state index contributed by atoms with van der Waals surface area (Å²) >= 11 is 0. The number of aromatic nitrogens is 2. The predicted molar refractivity (Wildman–Crippen MR) is 69.1 cm³/mol. The highest BCUT2D eigenvalue weighted by molar-refractivity contribution is 5.13. The van der Waals surface area contributed by atoms with Crippen molar-refractivity contribution in [3.05, 3.63) is 11.7 Å². The maximum atomic E-state index is 5.40. The molecule has 0 bridgehead atoms. The normalized spacial score (nSPS) is 31.7. The lowest BCUT2D eigenvalue weighted by Gasteiger charge is -2.25. The molecule has 0 spiro atoms. The summed E-state index contributed by atoms with van der Waals surface area (Å²) in [5.41, 5.74) is 0.564. The summed E-state index contributed by atoms with van der Waals surface area (Å²) in [4.78, 5) is 7.00. The quantitative estimate of drug-likeness (QED) is 0.826. The van der Waals surface area contributed by atoms with E-state index < -0.39 is 0 Å². The highest BCUT2D eigenvalue weighted by Crippen LogP contribution is 2.62. The van der Waals surface area contributed by atoms with Crippen molar-refractivity contribution in [2.45, 2.75) is 46.6 Å². The lowest BCUT2D eigenvalue weighted by Crippen LogP contribution is -2.29. The molecular formula is C14H23N3O. The fourth-order valence-electron chi connectivity index (χ4n) is 3.29. The van der Waals surface area contributed by atoms with Crippen molar-refractivity contribution in [3.8, 4) is 0 Å². The molecule has 18 heavy (non-hydrogen) atoms. The van der Waals surface area contributed by atoms with E-state index in [0.717, 1.165) is 23.6 Å². The Kier molecular flexibility index (Phi) is 2.56. The molecule has 1 aliphatic carbocycles. The van der Waals surface area contributed by atoms with Crippen LogP contribution in [-0.4, -0.2) is 28.1 Å². The molecule has 4 heteroatoms. The molecule has 3 atom stereocenters. The lowest BCUT2D eigenvalue weighted by molar-refractivity contribution is 0.170. The summed E-state index contributed by atoms with van der Waals surface area (Å²) in [6, 6.07) is 0.258. The van der Waals surface area contributed by atoms with Crippen LogP contribution in [0.15, 0.2) is 4.52 Å². The lowest BCUT2D eigenvalue weighted by atomic mass is 10.1. The van der Waals surface area contributed by atoms with Crippen LogP contribution in [0.1, 0.15) is 58.3 Å². The van der Waals surface area contributed by atoms with Crippen molar-refractivity contribution in [2.24, 2.45) is 17.3 Å². The summed E-state index contributed by atoms with van der Waals surface area (Å²) < 4.78 is 5.40. The zero-order valence-corrected chi connectivity index (χ0v) is 12.0. The summed E-state index contributed by atoms with van der Waals surface area (Å²) in [5, 5.41) is 4.05. The summed E-state index contributed by atoms with van der Waals surface area (Å²) in [6.45, 7) is 13.5. The molecule has 100 valence electrons. The first kappa shape index (κ1) is 12.2. The highest BCUT2D eigenvalue weighted by Gasteiger charge is 2.62. The van der Waals surface area contributed by atoms with Gasteiger partial charge in [-0.2, -0.15) is 4.98 Å². The molecule has 0 amide bonds. The molecule has 2 heterocycles. The van der Waals surface area contributed by atoms with Gasteiger partial charge in [-0.25, -0.2) is 0 Å². The third-order valence-corrected chi connectivity index (χ3v) is 5.03. The Morgan fingerprint density at radius 3 is 2.33 bits per heavy atom. The third-order valence-electron chi connectivity index (χ3n) is 5.03. The highest BCUT2D eigenvalue weighted by atomic mass is 16.5. The monoisotopic (exact) mass is 249 g/mol. The maximum Gasteiger partial charge on any atom is 0.243 e. The molecule has 1 aromatic heterocycles. The Hall–Kier alpha value is -0.900. The number of hydrogen-bond acceptors (Lipinski definition) is 4. The van der Waals surface area contributed by atoms with Crippen LogP contribution in [0, 0.1) is 17.3 Å². The molecule has 0 aromatic carbocycles. The smallest absolute Gasteiger partial charge is 0.243 e. The van der Waals surface area contributed by atoms with E-state index in [1.165, 1.54) is 13.1 Å². The van der Waals surface area contributed by atoms with E-state index in [9.17, 15) is 0 Å². The van der Waals surface area contributed by atoms with Crippen LogP contribution in [0.5, 0.6) is 0 Å². The largest absolute Gasteiger partial charge is 0.338 e. The van der Waals surface area contributed by atoms with E-state index in [1.54, 1.807) is 0 Å². The molecule has 0 N–H and O–H groups in total. The van der Waals surface area contributed by atoms with Gasteiger partial charge in [0.05, 0.1) is 6.04 Å². The second kappa shape index (κ2) is 3.80. The Labute approximate surface area is 109 Å². The van der Waals surface area contributed by atoms with Crippen molar-refractivity contribution in [3.63, 3.8) is 0 Å². The molecule has 2 aliphatic rings. The second-order valence-corrected chi connectivity index (χ2v) is 6.81. The average Bonchev–Trinajstić information content (AvgIpc) is 2.82. The third kappa shape index (κ3) is 1.69. The molecule has 1 saturated heterocycles. The first-order valence-electron chi connectivity index (χ1n) is 6.98. The number of hydrogen-bond donors (Lipinski definition) is 0. The zero-order chi connectivity index (χ0) is 13.1. The average molecular weight is 249 g/mol. The van der Waals surface area contributed by atoms with E-state index in [0.29, 0.717) is 11.3 Å². The van der Waals surface area contributed by atoms with Gasteiger partial charge in [0.2, 0.25) is 5.89 Å². The number of fused-ring (bicyclic) bond motifs is 1. The summed E-state index contributed by atoms with van der Waals surface area (Å²) in [7, 11) is 0. The first-order valence-corrected chi connectivity index (χ1v) is 6.98. The molecule has 4 nitrogen and oxygen atoms in total. The number of piperidine rings is 1. The van der Waals surface area contributed by atoms with Gasteiger partial charge in [0, 0.05) is 19.0 Å². The molecule has 3 rings (SSSR count). The molecule has 3 unspecified atom stereocenters. The van der Waals surface area contributed by atoms with Gasteiger partial charge in [-0.1, -0.05) is 32.9 Å². The van der Waals surface area contributed by atoms with Crippen LogP contribution >= 0.6 is 0 Å². The minimum Gasteiger partial charge on any atom is -0.338 e. The number of nitrogens with zero attached hydrogens (tertiary/aromatic N) is 3. The van der Waals surface area contributed by atoms with Crippen molar-refractivity contribution >= 4 is 0 Å². The Morgan fingerprint density at radius 1 is 1.22 bits per heavy atom. The standard InChI is InChI=1S/C14H23N3O/c1-8(2)12-15-13(18-16-12)9(3)17-6-10-11(7-17)14(10,4)5/h8-11H,6-7H2,1-5H3. The molecule has 2 fully saturated rings. The summed E-state index contributed by atoms with van der Waals surface area (Å²) in [5.74, 6) is 3.67. The van der Waals surface area contributed by atoms with E-state index in [-0.39, 0.29) is 6.04 Å². The fourth-order valence-corrected chi connectivity index (χ4v) is 3.29. The zero-order valence-electron chi connectivity index (χ0n) is 12.0. The van der Waals surface area contributed by atoms with Gasteiger partial charge in [-0.05, 0) is 24.2 Å². The maximum absolute atomic E-state index is 5.40.